The van der Waals surface area contributed by atoms with E-state index < -0.39 is 0 Å². The molecule has 0 bridgehead atoms. The molecule has 0 spiro atoms. The minimum Gasteiger partial charge on any atom is -0.497 e. The van der Waals surface area contributed by atoms with E-state index >= 15 is 0 Å². The molecule has 11 heteroatoms. The van der Waals surface area contributed by atoms with E-state index in [0.29, 0.717) is 37.5 Å². The molecule has 1 saturated heterocycles. The van der Waals surface area contributed by atoms with E-state index in [9.17, 15) is 4.79 Å². The van der Waals surface area contributed by atoms with Crippen LogP contribution in [-0.2, 0) is 30.9 Å². The summed E-state index contributed by atoms with van der Waals surface area (Å²) >= 11 is 0. The highest BCUT2D eigenvalue weighted by atomic mass is 16.7. The summed E-state index contributed by atoms with van der Waals surface area (Å²) in [5.41, 5.74) is 2.27. The van der Waals surface area contributed by atoms with Crippen molar-refractivity contribution in [2.24, 2.45) is 0 Å². The van der Waals surface area contributed by atoms with Crippen molar-refractivity contribution in [1.82, 2.24) is 30.1 Å². The fourth-order valence-corrected chi connectivity index (χ4v) is 4.84. The molecule has 2 aliphatic heterocycles. The van der Waals surface area contributed by atoms with Crippen molar-refractivity contribution in [3.8, 4) is 17.2 Å². The third-order valence-electron chi connectivity index (χ3n) is 6.74. The summed E-state index contributed by atoms with van der Waals surface area (Å²) in [5, 5.41) is 13.3. The average Bonchev–Trinajstić information content (AvgIpc) is 3.67. The van der Waals surface area contributed by atoms with Crippen molar-refractivity contribution < 1.29 is 18.9 Å². The maximum absolute atomic E-state index is 13.1. The van der Waals surface area contributed by atoms with Crippen LogP contribution >= 0.6 is 0 Å². The monoisotopic (exact) mass is 504 g/mol. The minimum atomic E-state index is -0.143. The number of hydrogen-bond acceptors (Lipinski definition) is 9. The number of pyridine rings is 1. The normalized spacial score (nSPS) is 16.6. The summed E-state index contributed by atoms with van der Waals surface area (Å²) in [5.74, 6) is 2.87. The fraction of sp³-hybridized carbons (Fsp3) is 0.385. The first-order valence-electron chi connectivity index (χ1n) is 12.3. The number of tetrazole rings is 1. The Labute approximate surface area is 212 Å². The van der Waals surface area contributed by atoms with Crippen molar-refractivity contribution in [2.45, 2.75) is 45.1 Å². The van der Waals surface area contributed by atoms with E-state index in [1.165, 1.54) is 0 Å². The number of benzene rings is 2. The molecule has 0 aliphatic carbocycles. The van der Waals surface area contributed by atoms with Crippen LogP contribution in [0.1, 0.15) is 29.8 Å². The van der Waals surface area contributed by atoms with Gasteiger partial charge in [-0.15, -0.1) is 5.10 Å². The van der Waals surface area contributed by atoms with Crippen LogP contribution in [-0.4, -0.2) is 56.7 Å². The maximum Gasteiger partial charge on any atom is 0.252 e. The van der Waals surface area contributed by atoms with Gasteiger partial charge in [0.1, 0.15) is 5.75 Å². The smallest absolute Gasteiger partial charge is 0.252 e. The van der Waals surface area contributed by atoms with Crippen LogP contribution in [0.3, 0.4) is 0 Å². The molecule has 2 aromatic heterocycles. The molecular formula is C26H28N6O5. The predicted octanol–water partition coefficient (Wildman–Crippen LogP) is 2.63. The van der Waals surface area contributed by atoms with Gasteiger partial charge in [0.25, 0.3) is 5.56 Å². The summed E-state index contributed by atoms with van der Waals surface area (Å²) in [6, 6.07) is 13.5. The van der Waals surface area contributed by atoms with E-state index in [0.717, 1.165) is 53.2 Å². The second kappa shape index (κ2) is 10.2. The molecule has 0 amide bonds. The van der Waals surface area contributed by atoms with Gasteiger partial charge in [0.05, 0.1) is 31.8 Å². The van der Waals surface area contributed by atoms with Gasteiger partial charge >= 0.3 is 0 Å². The summed E-state index contributed by atoms with van der Waals surface area (Å²) in [4.78, 5) is 18.2. The first-order valence-corrected chi connectivity index (χ1v) is 12.3. The molecular weight excluding hydrogens is 476 g/mol. The molecule has 2 aliphatic rings. The van der Waals surface area contributed by atoms with Crippen molar-refractivity contribution >= 4 is 10.9 Å². The Morgan fingerprint density at radius 1 is 1.11 bits per heavy atom. The number of methoxy groups -OCH3 is 1. The van der Waals surface area contributed by atoms with Gasteiger partial charge in [-0.2, -0.15) is 0 Å². The molecule has 0 saturated carbocycles. The van der Waals surface area contributed by atoms with Gasteiger partial charge in [-0.3, -0.25) is 9.69 Å². The van der Waals surface area contributed by atoms with E-state index in [4.69, 9.17) is 18.9 Å². The Hall–Kier alpha value is -3.96. The SMILES string of the molecule is COc1ccc2cc(CN(Cc3ccc4c(c3)OCO4)Cc3nnnn3C[C@H]3CCCO3)c(=O)[nH]c2c1. The summed E-state index contributed by atoms with van der Waals surface area (Å²) in [6.45, 7) is 3.02. The lowest BCUT2D eigenvalue weighted by Gasteiger charge is -2.22. The molecule has 2 aromatic carbocycles. The molecule has 4 heterocycles. The largest absolute Gasteiger partial charge is 0.497 e. The molecule has 0 unspecified atom stereocenters. The molecule has 4 aromatic rings. The minimum absolute atomic E-state index is 0.116. The molecule has 1 N–H and O–H groups in total. The molecule has 11 nitrogen and oxygen atoms in total. The number of hydrogen-bond donors (Lipinski definition) is 1. The third kappa shape index (κ3) is 5.13. The highest BCUT2D eigenvalue weighted by molar-refractivity contribution is 5.80. The Morgan fingerprint density at radius 2 is 2.03 bits per heavy atom. The van der Waals surface area contributed by atoms with E-state index in [1.807, 2.05) is 42.5 Å². The number of rotatable bonds is 9. The van der Waals surface area contributed by atoms with Crippen LogP contribution in [0.4, 0.5) is 0 Å². The Bertz CT molecular complexity index is 1460. The molecule has 6 rings (SSSR count). The lowest BCUT2D eigenvalue weighted by atomic mass is 10.1. The van der Waals surface area contributed by atoms with Crippen molar-refractivity contribution in [2.75, 3.05) is 20.5 Å². The summed E-state index contributed by atoms with van der Waals surface area (Å²) in [6.07, 6.45) is 2.16. The number of nitrogens with zero attached hydrogens (tertiary/aromatic N) is 5. The second-order valence-electron chi connectivity index (χ2n) is 9.32. The number of H-pyrrole nitrogens is 1. The molecule has 37 heavy (non-hydrogen) atoms. The van der Waals surface area contributed by atoms with Gasteiger partial charge in [0, 0.05) is 31.3 Å². The predicted molar refractivity (Wildman–Crippen MR) is 133 cm³/mol. The fourth-order valence-electron chi connectivity index (χ4n) is 4.84. The van der Waals surface area contributed by atoms with Gasteiger partial charge < -0.3 is 23.9 Å². The Kier molecular flexibility index (Phi) is 6.46. The van der Waals surface area contributed by atoms with Crippen molar-refractivity contribution in [1.29, 1.82) is 0 Å². The van der Waals surface area contributed by atoms with Crippen LogP contribution in [0, 0.1) is 0 Å². The molecule has 0 radical (unpaired) electrons. The summed E-state index contributed by atoms with van der Waals surface area (Å²) in [7, 11) is 1.61. The lowest BCUT2D eigenvalue weighted by Crippen LogP contribution is -2.29. The number of ether oxygens (including phenoxy) is 4. The van der Waals surface area contributed by atoms with Crippen molar-refractivity contribution in [3.63, 3.8) is 0 Å². The van der Waals surface area contributed by atoms with Gasteiger partial charge in [0.15, 0.2) is 17.3 Å². The number of aromatic amines is 1. The molecule has 1 atom stereocenters. The topological polar surface area (TPSA) is 117 Å². The van der Waals surface area contributed by atoms with E-state index in [1.54, 1.807) is 11.8 Å². The highest BCUT2D eigenvalue weighted by Crippen LogP contribution is 2.33. The third-order valence-corrected chi connectivity index (χ3v) is 6.74. The van der Waals surface area contributed by atoms with Gasteiger partial charge in [0.2, 0.25) is 6.79 Å². The second-order valence-corrected chi connectivity index (χ2v) is 9.32. The first-order chi connectivity index (χ1) is 18.1. The zero-order chi connectivity index (χ0) is 25.2. The zero-order valence-corrected chi connectivity index (χ0v) is 20.6. The number of aromatic nitrogens is 5. The quantitative estimate of drug-likeness (QED) is 0.367. The van der Waals surface area contributed by atoms with Gasteiger partial charge in [-0.25, -0.2) is 4.68 Å². The standard InChI is InChI=1S/C26H28N6O5/c1-34-20-6-5-18-10-19(26(33)27-22(18)11-20)13-31(12-17-4-7-23-24(9-17)37-16-36-23)15-25-28-29-30-32(25)14-21-3-2-8-35-21/h4-7,9-11,21H,2-3,8,12-16H2,1H3,(H,27,33)/t21-/m1/s1. The number of nitrogens with one attached hydrogen (secondary N) is 1. The van der Waals surface area contributed by atoms with E-state index in [2.05, 4.69) is 25.4 Å². The lowest BCUT2D eigenvalue weighted by molar-refractivity contribution is 0.0914. The Morgan fingerprint density at radius 3 is 2.89 bits per heavy atom. The first kappa shape index (κ1) is 23.4. The van der Waals surface area contributed by atoms with E-state index in [-0.39, 0.29) is 18.5 Å². The van der Waals surface area contributed by atoms with Crippen LogP contribution in [0.25, 0.3) is 10.9 Å². The van der Waals surface area contributed by atoms with Crippen LogP contribution in [0.15, 0.2) is 47.3 Å². The van der Waals surface area contributed by atoms with Crippen molar-refractivity contribution in [3.05, 3.63) is 69.8 Å². The molecule has 1 fully saturated rings. The van der Waals surface area contributed by atoms with Crippen LogP contribution < -0.4 is 19.8 Å². The van der Waals surface area contributed by atoms with Crippen LogP contribution in [0.2, 0.25) is 0 Å². The highest BCUT2D eigenvalue weighted by Gasteiger charge is 2.21. The molecule has 192 valence electrons. The van der Waals surface area contributed by atoms with Crippen LogP contribution in [0.5, 0.6) is 17.2 Å². The van der Waals surface area contributed by atoms with Gasteiger partial charge in [-0.1, -0.05) is 6.07 Å². The number of fused-ring (bicyclic) bond motifs is 2. The zero-order valence-electron chi connectivity index (χ0n) is 20.6. The summed E-state index contributed by atoms with van der Waals surface area (Å²) < 4.78 is 23.9. The Balaban J connectivity index is 1.29. The van der Waals surface area contributed by atoms with Gasteiger partial charge in [-0.05, 0) is 64.5 Å². The average molecular weight is 505 g/mol. The maximum atomic E-state index is 13.1.